The summed E-state index contributed by atoms with van der Waals surface area (Å²) in [4.78, 5) is 22.2. The second kappa shape index (κ2) is 6.03. The normalized spacial score (nSPS) is 18.3. The zero-order valence-electron chi connectivity index (χ0n) is 11.7. The smallest absolute Gasteiger partial charge is 0.334 e. The molecular formula is C14H12FIN2O4. The van der Waals surface area contributed by atoms with Crippen molar-refractivity contribution in [2.45, 2.75) is 19.8 Å². The highest BCUT2D eigenvalue weighted by atomic mass is 127. The number of rotatable bonds is 3. The van der Waals surface area contributed by atoms with Gasteiger partial charge in [-0.1, -0.05) is 6.07 Å². The summed E-state index contributed by atoms with van der Waals surface area (Å²) in [6.45, 7) is 2.97. The fourth-order valence-corrected chi connectivity index (χ4v) is 3.00. The molecule has 2 rings (SSSR count). The van der Waals surface area contributed by atoms with Crippen molar-refractivity contribution >= 4 is 28.6 Å². The Morgan fingerprint density at radius 2 is 2.05 bits per heavy atom. The molecule has 0 aliphatic carbocycles. The van der Waals surface area contributed by atoms with E-state index >= 15 is 0 Å². The largest absolute Gasteiger partial charge is 0.478 e. The van der Waals surface area contributed by atoms with Crippen molar-refractivity contribution in [1.82, 2.24) is 5.32 Å². The number of carboxylic acid groups (broad SMARTS) is 1. The highest BCUT2D eigenvalue weighted by Crippen LogP contribution is 2.39. The quantitative estimate of drug-likeness (QED) is 0.448. The molecule has 1 aliphatic heterocycles. The maximum absolute atomic E-state index is 14.3. The first-order valence-electron chi connectivity index (χ1n) is 6.25. The number of aliphatic carboxylic acids is 1. The third-order valence-electron chi connectivity index (χ3n) is 3.43. The van der Waals surface area contributed by atoms with Gasteiger partial charge in [0.05, 0.1) is 16.2 Å². The third-order valence-corrected chi connectivity index (χ3v) is 4.10. The number of nitrogens with one attached hydrogen (secondary N) is 1. The lowest BCUT2D eigenvalue weighted by Crippen LogP contribution is -2.31. The van der Waals surface area contributed by atoms with E-state index in [1.165, 1.54) is 26.0 Å². The fourth-order valence-electron chi connectivity index (χ4n) is 2.55. The lowest BCUT2D eigenvalue weighted by atomic mass is 9.84. The molecule has 0 unspecified atom stereocenters. The number of nitro groups is 1. The van der Waals surface area contributed by atoms with Gasteiger partial charge in [0, 0.05) is 14.8 Å². The second-order valence-electron chi connectivity index (χ2n) is 4.84. The van der Waals surface area contributed by atoms with Gasteiger partial charge in [-0.05, 0) is 48.6 Å². The van der Waals surface area contributed by atoms with Crippen molar-refractivity contribution in [2.24, 2.45) is 0 Å². The first-order valence-corrected chi connectivity index (χ1v) is 7.33. The predicted molar refractivity (Wildman–Crippen MR) is 85.0 cm³/mol. The van der Waals surface area contributed by atoms with E-state index in [-0.39, 0.29) is 28.2 Å². The van der Waals surface area contributed by atoms with Gasteiger partial charge in [-0.2, -0.15) is 0 Å². The van der Waals surface area contributed by atoms with Crippen LogP contribution in [0.3, 0.4) is 0 Å². The Morgan fingerprint density at radius 3 is 2.55 bits per heavy atom. The monoisotopic (exact) mass is 418 g/mol. The topological polar surface area (TPSA) is 92.5 Å². The van der Waals surface area contributed by atoms with Crippen molar-refractivity contribution in [2.75, 3.05) is 0 Å². The van der Waals surface area contributed by atoms with E-state index in [0.29, 0.717) is 3.57 Å². The molecule has 8 heteroatoms. The molecule has 0 saturated carbocycles. The number of benzene rings is 1. The number of halogens is 2. The van der Waals surface area contributed by atoms with Crippen LogP contribution in [0.5, 0.6) is 0 Å². The van der Waals surface area contributed by atoms with Gasteiger partial charge in [0.1, 0.15) is 11.7 Å². The predicted octanol–water partition coefficient (Wildman–Crippen LogP) is 2.98. The van der Waals surface area contributed by atoms with E-state index in [4.69, 9.17) is 0 Å². The molecule has 0 bridgehead atoms. The van der Waals surface area contributed by atoms with Crippen molar-refractivity contribution in [3.8, 4) is 0 Å². The maximum Gasteiger partial charge on any atom is 0.334 e. The van der Waals surface area contributed by atoms with Gasteiger partial charge in [0.2, 0.25) is 0 Å². The Bertz CT molecular complexity index is 706. The molecular weight excluding hydrogens is 406 g/mol. The zero-order chi connectivity index (χ0) is 16.6. The number of carbonyl (C=O) groups is 1. The van der Waals surface area contributed by atoms with Crippen LogP contribution < -0.4 is 5.32 Å². The van der Waals surface area contributed by atoms with Crippen molar-refractivity contribution in [1.29, 1.82) is 0 Å². The Kier molecular flexibility index (Phi) is 4.50. The third kappa shape index (κ3) is 2.82. The van der Waals surface area contributed by atoms with Crippen molar-refractivity contribution in [3.63, 3.8) is 0 Å². The average molecular weight is 418 g/mol. The minimum Gasteiger partial charge on any atom is -0.478 e. The van der Waals surface area contributed by atoms with Gasteiger partial charge in [-0.25, -0.2) is 9.18 Å². The number of carboxylic acids is 1. The van der Waals surface area contributed by atoms with Crippen LogP contribution in [-0.2, 0) is 4.79 Å². The molecule has 0 spiro atoms. The highest BCUT2D eigenvalue weighted by molar-refractivity contribution is 14.1. The number of dihydropyridines is 1. The Labute approximate surface area is 139 Å². The van der Waals surface area contributed by atoms with Gasteiger partial charge in [0.25, 0.3) is 5.70 Å². The minimum absolute atomic E-state index is 0.0234. The van der Waals surface area contributed by atoms with Crippen molar-refractivity contribution < 1.29 is 19.2 Å². The van der Waals surface area contributed by atoms with Crippen LogP contribution in [-0.4, -0.2) is 16.0 Å². The summed E-state index contributed by atoms with van der Waals surface area (Å²) in [7, 11) is 0. The summed E-state index contributed by atoms with van der Waals surface area (Å²) in [5, 5.41) is 23.5. The number of hydrogen-bond acceptors (Lipinski definition) is 4. The first-order chi connectivity index (χ1) is 10.2. The van der Waals surface area contributed by atoms with Gasteiger partial charge in [0.15, 0.2) is 0 Å². The summed E-state index contributed by atoms with van der Waals surface area (Å²) in [5.41, 5.74) is -0.140. The van der Waals surface area contributed by atoms with E-state index in [2.05, 4.69) is 5.32 Å². The number of nitrogens with zero attached hydrogens (tertiary/aromatic N) is 1. The second-order valence-corrected chi connectivity index (χ2v) is 6.08. The average Bonchev–Trinajstić information content (AvgIpc) is 2.36. The molecule has 0 amide bonds. The van der Waals surface area contributed by atoms with Crippen LogP contribution in [0.4, 0.5) is 4.39 Å². The standard InChI is InChI=1S/C14H12FIN2O4/c1-6-11(14(19)20)12(13(18(21)22)7(2)17-6)9-4-3-8(16)5-10(9)15/h3-5,12,17H,1-2H3,(H,19,20)/t12-/m1/s1. The molecule has 22 heavy (non-hydrogen) atoms. The van der Waals surface area contributed by atoms with Crippen LogP contribution in [0.2, 0.25) is 0 Å². The summed E-state index contributed by atoms with van der Waals surface area (Å²) >= 11 is 1.91. The highest BCUT2D eigenvalue weighted by Gasteiger charge is 2.41. The van der Waals surface area contributed by atoms with Crippen LogP contribution in [0, 0.1) is 19.5 Å². The van der Waals surface area contributed by atoms with Crippen LogP contribution in [0.25, 0.3) is 0 Å². The molecule has 1 heterocycles. The molecule has 116 valence electrons. The summed E-state index contributed by atoms with van der Waals surface area (Å²) in [6.07, 6.45) is 0. The van der Waals surface area contributed by atoms with Gasteiger partial charge >= 0.3 is 5.97 Å². The summed E-state index contributed by atoms with van der Waals surface area (Å²) < 4.78 is 14.9. The number of allylic oxidation sites excluding steroid dienone is 3. The van der Waals surface area contributed by atoms with E-state index in [0.717, 1.165) is 0 Å². The molecule has 1 aromatic carbocycles. The van der Waals surface area contributed by atoms with Crippen LogP contribution in [0.1, 0.15) is 25.3 Å². The van der Waals surface area contributed by atoms with E-state index < -0.39 is 22.6 Å². The fraction of sp³-hybridized carbons (Fsp3) is 0.214. The van der Waals surface area contributed by atoms with Gasteiger partial charge in [-0.15, -0.1) is 0 Å². The van der Waals surface area contributed by atoms with Crippen LogP contribution >= 0.6 is 22.6 Å². The molecule has 1 aromatic rings. The molecule has 0 fully saturated rings. The summed E-state index contributed by atoms with van der Waals surface area (Å²) in [6, 6.07) is 4.20. The van der Waals surface area contributed by atoms with E-state index in [1.54, 1.807) is 6.07 Å². The molecule has 6 nitrogen and oxygen atoms in total. The Morgan fingerprint density at radius 1 is 1.41 bits per heavy atom. The molecule has 0 radical (unpaired) electrons. The SMILES string of the molecule is CC1=C(C(=O)O)[C@@H](c2ccc(I)cc2F)C([N+](=O)[O-])=C(C)N1. The molecule has 2 N–H and O–H groups in total. The Hall–Kier alpha value is -1.97. The molecule has 0 saturated heterocycles. The molecule has 0 aromatic heterocycles. The van der Waals surface area contributed by atoms with E-state index in [9.17, 15) is 24.4 Å². The minimum atomic E-state index is -1.32. The Balaban J connectivity index is 2.75. The maximum atomic E-state index is 14.3. The lowest BCUT2D eigenvalue weighted by Gasteiger charge is -2.25. The first kappa shape index (κ1) is 16.4. The van der Waals surface area contributed by atoms with Gasteiger partial charge in [-0.3, -0.25) is 10.1 Å². The molecule has 1 aliphatic rings. The molecule has 1 atom stereocenters. The van der Waals surface area contributed by atoms with Crippen LogP contribution in [0.15, 0.2) is 40.9 Å². The zero-order valence-corrected chi connectivity index (χ0v) is 13.8. The van der Waals surface area contributed by atoms with Crippen molar-refractivity contribution in [3.05, 3.63) is 65.9 Å². The summed E-state index contributed by atoms with van der Waals surface area (Å²) in [5.74, 6) is -3.25. The van der Waals surface area contributed by atoms with E-state index in [1.807, 2.05) is 22.6 Å². The number of hydrogen-bond donors (Lipinski definition) is 2. The van der Waals surface area contributed by atoms with Gasteiger partial charge < -0.3 is 10.4 Å². The lowest BCUT2D eigenvalue weighted by molar-refractivity contribution is -0.431.